The van der Waals surface area contributed by atoms with Gasteiger partial charge in [0.2, 0.25) is 11.8 Å². The molecule has 1 unspecified atom stereocenters. The highest BCUT2D eigenvalue weighted by atomic mass is 79.9. The standard InChI is InChI=1S/C12H8BrN3O4/c13-7-3-1-5-9(14-7)12(20)16(11(5)19)6-2-4-8(17)15-10(6)18/h1,3,6H,2,4H2,(H,15,17,18). The number of pyridine rings is 1. The van der Waals surface area contributed by atoms with Gasteiger partial charge in [0.15, 0.2) is 0 Å². The number of amides is 4. The molecule has 0 saturated carbocycles. The topological polar surface area (TPSA) is 96.4 Å². The van der Waals surface area contributed by atoms with Crippen LogP contribution in [0.25, 0.3) is 0 Å². The van der Waals surface area contributed by atoms with E-state index in [1.165, 1.54) is 6.07 Å². The maximum Gasteiger partial charge on any atom is 0.280 e. The first-order valence-electron chi connectivity index (χ1n) is 5.87. The molecule has 3 heterocycles. The SMILES string of the molecule is O=C1CCC(N2C(=O)c3ccc(Br)nc3C2=O)C(=O)N1. The zero-order valence-corrected chi connectivity index (χ0v) is 11.6. The van der Waals surface area contributed by atoms with Crippen LogP contribution in [-0.4, -0.2) is 39.6 Å². The van der Waals surface area contributed by atoms with Gasteiger partial charge < -0.3 is 0 Å². The van der Waals surface area contributed by atoms with Gasteiger partial charge in [-0.25, -0.2) is 4.98 Å². The first kappa shape index (κ1) is 12.9. The lowest BCUT2D eigenvalue weighted by atomic mass is 10.0. The lowest BCUT2D eigenvalue weighted by Crippen LogP contribution is -2.54. The van der Waals surface area contributed by atoms with Crippen LogP contribution in [0.5, 0.6) is 0 Å². The maximum atomic E-state index is 12.2. The smallest absolute Gasteiger partial charge is 0.280 e. The lowest BCUT2D eigenvalue weighted by molar-refractivity contribution is -0.136. The number of piperidine rings is 1. The predicted molar refractivity (Wildman–Crippen MR) is 68.6 cm³/mol. The molecule has 1 fully saturated rings. The summed E-state index contributed by atoms with van der Waals surface area (Å²) in [5.74, 6) is -2.20. The van der Waals surface area contributed by atoms with E-state index in [4.69, 9.17) is 0 Å². The van der Waals surface area contributed by atoms with Gasteiger partial charge in [-0.05, 0) is 34.5 Å². The molecule has 8 heteroatoms. The molecule has 1 atom stereocenters. The van der Waals surface area contributed by atoms with Crippen molar-refractivity contribution < 1.29 is 19.2 Å². The second kappa shape index (κ2) is 4.48. The van der Waals surface area contributed by atoms with Crippen molar-refractivity contribution in [3.05, 3.63) is 28.0 Å². The summed E-state index contributed by atoms with van der Waals surface area (Å²) in [4.78, 5) is 52.2. The van der Waals surface area contributed by atoms with E-state index in [1.54, 1.807) is 6.07 Å². The molecule has 4 amide bonds. The molecule has 102 valence electrons. The highest BCUT2D eigenvalue weighted by Gasteiger charge is 2.45. The Morgan fingerprint density at radius 1 is 1.20 bits per heavy atom. The summed E-state index contributed by atoms with van der Waals surface area (Å²) in [5.41, 5.74) is 0.192. The van der Waals surface area contributed by atoms with Gasteiger partial charge in [-0.3, -0.25) is 29.4 Å². The van der Waals surface area contributed by atoms with Crippen LogP contribution >= 0.6 is 15.9 Å². The van der Waals surface area contributed by atoms with Gasteiger partial charge in [0, 0.05) is 6.42 Å². The Hall–Kier alpha value is -2.09. The van der Waals surface area contributed by atoms with Crippen LogP contribution in [0.1, 0.15) is 33.7 Å². The number of aromatic nitrogens is 1. The Labute approximate surface area is 121 Å². The van der Waals surface area contributed by atoms with Gasteiger partial charge in [-0.1, -0.05) is 0 Å². The number of hydrogen-bond donors (Lipinski definition) is 1. The molecule has 1 saturated heterocycles. The van der Waals surface area contributed by atoms with E-state index in [2.05, 4.69) is 26.2 Å². The minimum absolute atomic E-state index is 0.0223. The minimum Gasteiger partial charge on any atom is -0.295 e. The fraction of sp³-hybridized carbons (Fsp3) is 0.250. The Morgan fingerprint density at radius 3 is 2.65 bits per heavy atom. The van der Waals surface area contributed by atoms with E-state index in [0.29, 0.717) is 4.60 Å². The normalized spacial score (nSPS) is 22.1. The van der Waals surface area contributed by atoms with Crippen molar-refractivity contribution in [2.75, 3.05) is 0 Å². The van der Waals surface area contributed by atoms with Crippen LogP contribution in [0, 0.1) is 0 Å². The van der Waals surface area contributed by atoms with Crippen molar-refractivity contribution in [2.45, 2.75) is 18.9 Å². The molecule has 7 nitrogen and oxygen atoms in total. The van der Waals surface area contributed by atoms with Gasteiger partial charge in [0.05, 0.1) is 5.56 Å². The molecule has 20 heavy (non-hydrogen) atoms. The summed E-state index contributed by atoms with van der Waals surface area (Å²) >= 11 is 3.13. The summed E-state index contributed by atoms with van der Waals surface area (Å²) < 4.78 is 0.433. The maximum absolute atomic E-state index is 12.2. The van der Waals surface area contributed by atoms with Crippen molar-refractivity contribution >= 4 is 39.6 Å². The van der Waals surface area contributed by atoms with E-state index in [1.807, 2.05) is 0 Å². The summed E-state index contributed by atoms with van der Waals surface area (Å²) in [5, 5.41) is 2.13. The number of carbonyl (C=O) groups is 4. The second-order valence-corrected chi connectivity index (χ2v) is 5.29. The molecule has 0 spiro atoms. The van der Waals surface area contributed by atoms with E-state index < -0.39 is 29.7 Å². The average molecular weight is 338 g/mol. The van der Waals surface area contributed by atoms with Crippen molar-refractivity contribution in [3.63, 3.8) is 0 Å². The molecule has 2 aliphatic heterocycles. The van der Waals surface area contributed by atoms with Crippen LogP contribution in [0.15, 0.2) is 16.7 Å². The third kappa shape index (κ3) is 1.83. The lowest BCUT2D eigenvalue weighted by Gasteiger charge is -2.27. The largest absolute Gasteiger partial charge is 0.295 e. The van der Waals surface area contributed by atoms with Crippen LogP contribution in [0.3, 0.4) is 0 Å². The van der Waals surface area contributed by atoms with Gasteiger partial charge in [0.1, 0.15) is 16.3 Å². The summed E-state index contributed by atoms with van der Waals surface area (Å²) in [6, 6.07) is 2.08. The summed E-state index contributed by atoms with van der Waals surface area (Å²) in [6.07, 6.45) is 0.234. The number of hydrogen-bond acceptors (Lipinski definition) is 5. The van der Waals surface area contributed by atoms with Gasteiger partial charge >= 0.3 is 0 Å². The zero-order valence-electron chi connectivity index (χ0n) is 10.1. The van der Waals surface area contributed by atoms with Crippen LogP contribution < -0.4 is 5.32 Å². The highest BCUT2D eigenvalue weighted by molar-refractivity contribution is 9.10. The molecule has 1 aromatic heterocycles. The minimum atomic E-state index is -0.958. The first-order chi connectivity index (χ1) is 9.49. The number of rotatable bonds is 1. The van der Waals surface area contributed by atoms with Gasteiger partial charge in [-0.15, -0.1) is 0 Å². The summed E-state index contributed by atoms with van der Waals surface area (Å²) in [6.45, 7) is 0. The quantitative estimate of drug-likeness (QED) is 0.585. The van der Waals surface area contributed by atoms with Crippen molar-refractivity contribution in [1.29, 1.82) is 0 Å². The van der Waals surface area contributed by atoms with E-state index in [0.717, 1.165) is 4.90 Å². The Kier molecular flexibility index (Phi) is 2.89. The third-order valence-electron chi connectivity index (χ3n) is 3.25. The molecule has 0 bridgehead atoms. The number of nitrogens with zero attached hydrogens (tertiary/aromatic N) is 2. The molecular formula is C12H8BrN3O4. The predicted octanol–water partition coefficient (Wildman–Crippen LogP) is 0.245. The number of imide groups is 2. The Balaban J connectivity index is 1.97. The van der Waals surface area contributed by atoms with Crippen molar-refractivity contribution in [2.24, 2.45) is 0 Å². The molecule has 0 radical (unpaired) electrons. The molecule has 0 aliphatic carbocycles. The average Bonchev–Trinajstić information content (AvgIpc) is 2.63. The molecule has 0 aromatic carbocycles. The number of nitrogens with one attached hydrogen (secondary N) is 1. The van der Waals surface area contributed by atoms with Crippen LogP contribution in [0.4, 0.5) is 0 Å². The van der Waals surface area contributed by atoms with Crippen LogP contribution in [0.2, 0.25) is 0 Å². The van der Waals surface area contributed by atoms with Crippen molar-refractivity contribution in [3.8, 4) is 0 Å². The monoisotopic (exact) mass is 337 g/mol. The Bertz CT molecular complexity index is 673. The third-order valence-corrected chi connectivity index (χ3v) is 3.70. The molecule has 1 N–H and O–H groups in total. The van der Waals surface area contributed by atoms with Crippen molar-refractivity contribution in [1.82, 2.24) is 15.2 Å². The number of halogens is 1. The molecule has 3 rings (SSSR count). The highest BCUT2D eigenvalue weighted by Crippen LogP contribution is 2.27. The fourth-order valence-electron chi connectivity index (χ4n) is 2.32. The Morgan fingerprint density at radius 2 is 1.95 bits per heavy atom. The number of fused-ring (bicyclic) bond motifs is 1. The zero-order chi connectivity index (χ0) is 14.4. The second-order valence-electron chi connectivity index (χ2n) is 4.48. The first-order valence-corrected chi connectivity index (χ1v) is 6.66. The van der Waals surface area contributed by atoms with E-state index in [-0.39, 0.29) is 24.1 Å². The number of carbonyl (C=O) groups excluding carboxylic acids is 4. The van der Waals surface area contributed by atoms with Gasteiger partial charge in [0.25, 0.3) is 11.8 Å². The fourth-order valence-corrected chi connectivity index (χ4v) is 2.63. The molecular weight excluding hydrogens is 330 g/mol. The van der Waals surface area contributed by atoms with E-state index >= 15 is 0 Å². The van der Waals surface area contributed by atoms with Gasteiger partial charge in [-0.2, -0.15) is 0 Å². The molecule has 2 aliphatic rings. The summed E-state index contributed by atoms with van der Waals surface area (Å²) in [7, 11) is 0. The van der Waals surface area contributed by atoms with E-state index in [9.17, 15) is 19.2 Å². The molecule has 1 aromatic rings. The van der Waals surface area contributed by atoms with Crippen LogP contribution in [-0.2, 0) is 9.59 Å².